The van der Waals surface area contributed by atoms with E-state index >= 15 is 0 Å². The van der Waals surface area contributed by atoms with Gasteiger partial charge in [0.25, 0.3) is 0 Å². The normalized spacial score (nSPS) is 32.3. The topological polar surface area (TPSA) is 196 Å². The molecule has 0 radical (unpaired) electrons. The Balaban J connectivity index is 1.15. The Morgan fingerprint density at radius 1 is 0.957 bits per heavy atom. The van der Waals surface area contributed by atoms with Gasteiger partial charge in [-0.15, -0.1) is 0 Å². The van der Waals surface area contributed by atoms with Crippen LogP contribution in [0.5, 0.6) is 28.7 Å². The number of aromatic hydroxyl groups is 2. The highest BCUT2D eigenvalue weighted by Gasteiger charge is 2.46. The molecule has 8 bridgehead atoms. The third kappa shape index (κ3) is 9.96. The van der Waals surface area contributed by atoms with Gasteiger partial charge in [-0.05, 0) is 170 Å². The van der Waals surface area contributed by atoms with Gasteiger partial charge in [0.2, 0.25) is 0 Å². The molecule has 5 aliphatic heterocycles. The van der Waals surface area contributed by atoms with Crippen LogP contribution in [0.4, 0.5) is 0 Å². The van der Waals surface area contributed by atoms with E-state index in [9.17, 15) is 30.3 Å². The lowest BCUT2D eigenvalue weighted by molar-refractivity contribution is -0.109. The zero-order valence-corrected chi connectivity index (χ0v) is 41.2. The highest BCUT2D eigenvalue weighted by atomic mass is 16.5. The van der Waals surface area contributed by atoms with E-state index in [0.717, 1.165) is 97.5 Å². The van der Waals surface area contributed by atoms with Crippen molar-refractivity contribution in [3.05, 3.63) is 76.4 Å². The summed E-state index contributed by atoms with van der Waals surface area (Å²) in [6.45, 7) is 7.50. The number of allylic oxidation sites excluding steroid dienone is 2. The largest absolute Gasteiger partial charge is 0.508 e. The highest BCUT2D eigenvalue weighted by molar-refractivity contribution is 5.84. The van der Waals surface area contributed by atoms with Crippen LogP contribution >= 0.6 is 0 Å². The number of hydrogen-bond acceptors (Lipinski definition) is 12. The number of carbonyl (C=O) groups excluding carboxylic acids is 1. The number of phenolic OH excluding ortho intramolecular Hbond substituents is 2. The summed E-state index contributed by atoms with van der Waals surface area (Å²) in [5, 5.41) is 61.0. The fourth-order valence-electron chi connectivity index (χ4n) is 14.0. The number of phenols is 2. The Morgan fingerprint density at radius 3 is 2.55 bits per heavy atom. The second-order valence-electron chi connectivity index (χ2n) is 22.1. The summed E-state index contributed by atoms with van der Waals surface area (Å²) in [7, 11) is 1.69. The van der Waals surface area contributed by atoms with Crippen LogP contribution in [0.15, 0.2) is 53.5 Å². The number of benzene rings is 3. The molecule has 12 rings (SSSR count). The first-order valence-electron chi connectivity index (χ1n) is 26.2. The van der Waals surface area contributed by atoms with Gasteiger partial charge in [0.15, 0.2) is 17.5 Å². The Morgan fingerprint density at radius 2 is 1.78 bits per heavy atom. The zero-order chi connectivity index (χ0) is 48.6. The molecule has 0 saturated heterocycles. The average Bonchev–Trinajstić information content (AvgIpc) is 3.72. The molecule has 12 heteroatoms. The molecule has 12 nitrogen and oxygen atoms in total. The summed E-state index contributed by atoms with van der Waals surface area (Å²) in [4.78, 5) is 17.0. The smallest absolute Gasteiger partial charge is 0.188 e. The van der Waals surface area contributed by atoms with Crippen molar-refractivity contribution in [2.75, 3.05) is 26.8 Å². The molecular formula is C57H77N3O9. The van der Waals surface area contributed by atoms with Crippen LogP contribution in [-0.4, -0.2) is 82.9 Å². The molecule has 5 heterocycles. The Bertz CT molecular complexity index is 2380. The van der Waals surface area contributed by atoms with E-state index in [0.29, 0.717) is 98.0 Å². The van der Waals surface area contributed by atoms with Gasteiger partial charge in [-0.1, -0.05) is 51.8 Å². The summed E-state index contributed by atoms with van der Waals surface area (Å²) < 4.78 is 20.0. The second-order valence-corrected chi connectivity index (χ2v) is 22.1. The van der Waals surface area contributed by atoms with E-state index in [2.05, 4.69) is 44.3 Å². The first kappa shape index (κ1) is 49.2. The van der Waals surface area contributed by atoms with Gasteiger partial charge in [0, 0.05) is 55.6 Å². The maximum Gasteiger partial charge on any atom is 0.188 e. The van der Waals surface area contributed by atoms with Gasteiger partial charge >= 0.3 is 0 Å². The molecule has 4 aliphatic carbocycles. The Kier molecular flexibility index (Phi) is 14.9. The van der Waals surface area contributed by atoms with E-state index in [4.69, 9.17) is 24.9 Å². The van der Waals surface area contributed by atoms with Crippen molar-refractivity contribution >= 4 is 12.2 Å². The van der Waals surface area contributed by atoms with Gasteiger partial charge in [0.05, 0.1) is 19.3 Å². The first-order valence-corrected chi connectivity index (χ1v) is 26.2. The van der Waals surface area contributed by atoms with Crippen LogP contribution in [0, 0.1) is 46.8 Å². The van der Waals surface area contributed by atoms with Crippen LogP contribution < -0.4 is 25.3 Å². The summed E-state index contributed by atoms with van der Waals surface area (Å²) >= 11 is 0. The second kappa shape index (κ2) is 20.9. The number of nitrogens with zero attached hydrogens (tertiary/aromatic N) is 1. The van der Waals surface area contributed by atoms with Crippen LogP contribution in [0.25, 0.3) is 11.1 Å². The molecule has 2 fully saturated rings. The minimum absolute atomic E-state index is 0.00479. The zero-order valence-electron chi connectivity index (χ0n) is 41.2. The van der Waals surface area contributed by atoms with Crippen molar-refractivity contribution in [3.8, 4) is 39.9 Å². The molecular weight excluding hydrogens is 871 g/mol. The van der Waals surface area contributed by atoms with Crippen LogP contribution in [-0.2, 0) is 24.1 Å². The standard InChI is InChI=1S/C57H77N3O9/c1-5-33-21-35-12-11-34(33)22-41(63)29-57(17-7-9-40(57)16-19-61)31-60-56(58)59-18-15-42-37(30-62)8-6-10-49(42)68-51-26-36(13-14-46(51)64)55-48(66)27-45-50(69-55)28-52(67-4)54-44-24-39(20-32(2)3)47(65)25-38(44)23-43(35)53(45)54/h11-14,19,24-26,28,32-35,37,40-43,48-49,55,62-66H,5-10,15-18,20-23,27,29-31H2,1-4H3,(H3,58,59,60)/t33-,34+,35+,37+,40-,41+,42+,43-,48-,49-,55+,57+/m1/s1. The molecule has 1 spiro atoms. The molecule has 69 heavy (non-hydrogen) atoms. The number of fused-ring (bicyclic) bond motifs is 2. The van der Waals surface area contributed by atoms with Crippen molar-refractivity contribution in [3.63, 3.8) is 0 Å². The third-order valence-corrected chi connectivity index (χ3v) is 17.5. The van der Waals surface area contributed by atoms with E-state index in [1.54, 1.807) is 25.3 Å². The molecule has 12 atom stereocenters. The van der Waals surface area contributed by atoms with Gasteiger partial charge in [-0.2, -0.15) is 0 Å². The average molecular weight is 948 g/mol. The quantitative estimate of drug-likeness (QED) is 0.0883. The maximum atomic E-state index is 12.3. The molecule has 374 valence electrons. The summed E-state index contributed by atoms with van der Waals surface area (Å²) in [6, 6.07) is 11.3. The fourth-order valence-corrected chi connectivity index (χ4v) is 14.0. The van der Waals surface area contributed by atoms with E-state index in [1.807, 2.05) is 12.1 Å². The van der Waals surface area contributed by atoms with Gasteiger partial charge in [0.1, 0.15) is 35.7 Å². The lowest BCUT2D eigenvalue weighted by Crippen LogP contribution is -2.42. The van der Waals surface area contributed by atoms with E-state index < -0.39 is 18.3 Å². The molecule has 3 aromatic rings. The predicted octanol–water partition coefficient (Wildman–Crippen LogP) is 8.85. The number of rotatable bonds is 7. The fraction of sp³-hybridized carbons (Fsp3) is 0.614. The molecule has 0 aromatic heterocycles. The predicted molar refractivity (Wildman–Crippen MR) is 268 cm³/mol. The van der Waals surface area contributed by atoms with Crippen LogP contribution in [0.1, 0.15) is 138 Å². The molecule has 8 N–H and O–H groups in total. The maximum absolute atomic E-state index is 12.3. The molecule has 0 amide bonds. The van der Waals surface area contributed by atoms with Crippen molar-refractivity contribution < 1.29 is 44.5 Å². The third-order valence-electron chi connectivity index (χ3n) is 17.5. The number of aliphatic hydroxyl groups excluding tert-OH is 3. The lowest BCUT2D eigenvalue weighted by atomic mass is 9.64. The summed E-state index contributed by atoms with van der Waals surface area (Å²) in [5.74, 6) is 3.22. The molecule has 2 saturated carbocycles. The Hall–Kier alpha value is -4.78. The summed E-state index contributed by atoms with van der Waals surface area (Å²) in [5.41, 5.74) is 13.0. The van der Waals surface area contributed by atoms with Gasteiger partial charge < -0.3 is 55.6 Å². The Labute approximate surface area is 408 Å². The minimum Gasteiger partial charge on any atom is -0.508 e. The number of nitrogens with one attached hydrogen (secondary N) is 1. The number of ether oxygens (including phenoxy) is 3. The first-order chi connectivity index (χ1) is 33.3. The number of aliphatic imine (C=N–C) groups is 1. The van der Waals surface area contributed by atoms with Crippen molar-refractivity contribution in [1.82, 2.24) is 5.32 Å². The van der Waals surface area contributed by atoms with E-state index in [-0.39, 0.29) is 59.4 Å². The summed E-state index contributed by atoms with van der Waals surface area (Å²) in [6.07, 6.45) is 14.2. The number of carbonyl (C=O) groups is 1. The van der Waals surface area contributed by atoms with Gasteiger partial charge in [-0.3, -0.25) is 4.99 Å². The highest BCUT2D eigenvalue weighted by Crippen LogP contribution is 2.57. The van der Waals surface area contributed by atoms with Crippen LogP contribution in [0.3, 0.4) is 0 Å². The molecule has 9 aliphatic rings. The number of guanidine groups is 1. The van der Waals surface area contributed by atoms with E-state index in [1.165, 1.54) is 0 Å². The van der Waals surface area contributed by atoms with Crippen molar-refractivity contribution in [2.45, 2.75) is 147 Å². The van der Waals surface area contributed by atoms with Crippen LogP contribution in [0.2, 0.25) is 0 Å². The number of aldehydes is 1. The van der Waals surface area contributed by atoms with Crippen molar-refractivity contribution in [1.29, 1.82) is 0 Å². The monoisotopic (exact) mass is 948 g/mol. The van der Waals surface area contributed by atoms with Gasteiger partial charge in [-0.25, -0.2) is 0 Å². The van der Waals surface area contributed by atoms with Crippen molar-refractivity contribution in [2.24, 2.45) is 57.6 Å². The SMILES string of the molecule is CC[C@@H]1C[C@@H]2C=C[C@H]1C[C@H](O)C[C@@]1(CCC[C@@H]1CC=O)CN=C(N)NCC[C@H]1[C@H](CO)CCC[C@H]1Oc1cc(ccc1O)[C@@H]1Oc3cc(OC)c4c(c3C[C@H]1O)[C@@H]2Cc1cc(O)c(CC(C)C)cc1-4. The molecule has 3 aromatic carbocycles. The lowest BCUT2D eigenvalue weighted by Gasteiger charge is -2.42. The number of nitrogens with two attached hydrogens (primary N) is 1. The number of aliphatic hydroxyl groups is 3. The number of methoxy groups -OCH3 is 1. The number of hydrogen-bond donors (Lipinski definition) is 7. The minimum atomic E-state index is -0.922. The molecule has 0 unspecified atom stereocenters.